The number of urea groups is 1. The Labute approximate surface area is 123 Å². The second kappa shape index (κ2) is 6.58. The lowest BCUT2D eigenvalue weighted by Gasteiger charge is -2.25. The zero-order chi connectivity index (χ0) is 15.4. The average Bonchev–Trinajstić information content (AvgIpc) is 2.89. The zero-order valence-corrected chi connectivity index (χ0v) is 12.3. The van der Waals surface area contributed by atoms with Gasteiger partial charge >= 0.3 is 12.0 Å². The van der Waals surface area contributed by atoms with Gasteiger partial charge in [-0.05, 0) is 37.1 Å². The van der Waals surface area contributed by atoms with E-state index in [2.05, 4.69) is 0 Å². The molecule has 1 aliphatic rings. The first-order chi connectivity index (χ1) is 10.0. The molecule has 0 saturated carbocycles. The third-order valence-corrected chi connectivity index (χ3v) is 3.55. The Morgan fingerprint density at radius 2 is 2.19 bits per heavy atom. The lowest BCUT2D eigenvalue weighted by molar-refractivity contribution is 0.0697. The van der Waals surface area contributed by atoms with Crippen LogP contribution in [0.15, 0.2) is 18.2 Å². The second-order valence-corrected chi connectivity index (χ2v) is 4.95. The number of aromatic carboxylic acids is 1. The lowest BCUT2D eigenvalue weighted by atomic mass is 10.1. The average molecular weight is 292 g/mol. The summed E-state index contributed by atoms with van der Waals surface area (Å²) >= 11 is 0. The van der Waals surface area contributed by atoms with Crippen LogP contribution >= 0.6 is 0 Å². The number of benzene rings is 1. The molecule has 0 radical (unpaired) electrons. The van der Waals surface area contributed by atoms with Crippen LogP contribution in [0.1, 0.15) is 22.8 Å². The van der Waals surface area contributed by atoms with Crippen molar-refractivity contribution in [3.8, 4) is 0 Å². The Morgan fingerprint density at radius 1 is 1.43 bits per heavy atom. The van der Waals surface area contributed by atoms with Crippen molar-refractivity contribution in [3.05, 3.63) is 29.3 Å². The highest BCUT2D eigenvalue weighted by molar-refractivity contribution is 5.95. The van der Waals surface area contributed by atoms with Crippen LogP contribution in [0.5, 0.6) is 0 Å². The van der Waals surface area contributed by atoms with E-state index in [4.69, 9.17) is 9.84 Å². The molecule has 6 heteroatoms. The quantitative estimate of drug-likeness (QED) is 0.841. The fourth-order valence-electron chi connectivity index (χ4n) is 2.38. The number of nitrogens with zero attached hydrogens (tertiary/aromatic N) is 2. The van der Waals surface area contributed by atoms with Crippen LogP contribution in [0.25, 0.3) is 0 Å². The number of amides is 2. The van der Waals surface area contributed by atoms with Crippen LogP contribution in [0.3, 0.4) is 0 Å². The Kier molecular flexibility index (Phi) is 4.80. The number of likely N-dealkylation sites (N-methyl/N-ethyl adjacent to an activating group) is 1. The molecule has 0 bridgehead atoms. The van der Waals surface area contributed by atoms with Crippen molar-refractivity contribution in [2.45, 2.75) is 13.3 Å². The monoisotopic (exact) mass is 292 g/mol. The molecular weight excluding hydrogens is 272 g/mol. The smallest absolute Gasteiger partial charge is 0.335 e. The molecule has 114 valence electrons. The maximum absolute atomic E-state index is 12.4. The normalized spacial score (nSPS) is 13.1. The Morgan fingerprint density at radius 3 is 2.86 bits per heavy atom. The van der Waals surface area contributed by atoms with Gasteiger partial charge in [0.15, 0.2) is 0 Å². The van der Waals surface area contributed by atoms with Gasteiger partial charge in [-0.3, -0.25) is 4.90 Å². The number of carboxylic acids is 1. The maximum atomic E-state index is 12.4. The minimum Gasteiger partial charge on any atom is -0.478 e. The van der Waals surface area contributed by atoms with Crippen molar-refractivity contribution in [2.75, 3.05) is 38.3 Å². The van der Waals surface area contributed by atoms with Gasteiger partial charge in [0, 0.05) is 32.4 Å². The molecule has 1 aliphatic heterocycles. The summed E-state index contributed by atoms with van der Waals surface area (Å²) in [5.74, 6) is -0.948. The largest absolute Gasteiger partial charge is 0.478 e. The predicted molar refractivity (Wildman–Crippen MR) is 79.0 cm³/mol. The minimum absolute atomic E-state index is 0.0865. The predicted octanol–water partition coefficient (Wildman–Crippen LogP) is 1.84. The molecule has 21 heavy (non-hydrogen) atoms. The summed E-state index contributed by atoms with van der Waals surface area (Å²) in [7, 11) is 1.74. The first-order valence-corrected chi connectivity index (χ1v) is 7.01. The number of hydrogen-bond donors (Lipinski definition) is 1. The first-order valence-electron chi connectivity index (χ1n) is 7.01. The summed E-state index contributed by atoms with van der Waals surface area (Å²) in [6.07, 6.45) is 0.682. The van der Waals surface area contributed by atoms with E-state index in [1.807, 2.05) is 6.92 Å². The highest BCUT2D eigenvalue weighted by atomic mass is 16.5. The van der Waals surface area contributed by atoms with Gasteiger partial charge in [-0.2, -0.15) is 0 Å². The number of ether oxygens (including phenoxy) is 1. The molecule has 1 aromatic rings. The Bertz CT molecular complexity index is 544. The summed E-state index contributed by atoms with van der Waals surface area (Å²) in [5.41, 5.74) is 1.96. The van der Waals surface area contributed by atoms with Crippen LogP contribution in [-0.2, 0) is 11.2 Å². The van der Waals surface area contributed by atoms with Crippen molar-refractivity contribution in [2.24, 2.45) is 0 Å². The molecule has 0 fully saturated rings. The lowest BCUT2D eigenvalue weighted by Crippen LogP contribution is -2.41. The summed E-state index contributed by atoms with van der Waals surface area (Å²) < 4.78 is 5.25. The van der Waals surface area contributed by atoms with Gasteiger partial charge in [0.25, 0.3) is 0 Å². The third kappa shape index (κ3) is 3.33. The Balaban J connectivity index is 2.08. The van der Waals surface area contributed by atoms with Gasteiger partial charge in [0.1, 0.15) is 0 Å². The molecule has 0 spiro atoms. The number of hydrogen-bond acceptors (Lipinski definition) is 3. The van der Waals surface area contributed by atoms with E-state index >= 15 is 0 Å². The molecule has 0 aliphatic carbocycles. The molecule has 0 atom stereocenters. The van der Waals surface area contributed by atoms with Gasteiger partial charge in [0.2, 0.25) is 0 Å². The van der Waals surface area contributed by atoms with Crippen molar-refractivity contribution >= 4 is 17.7 Å². The van der Waals surface area contributed by atoms with E-state index in [0.717, 1.165) is 11.3 Å². The fourth-order valence-corrected chi connectivity index (χ4v) is 2.38. The van der Waals surface area contributed by atoms with Crippen LogP contribution in [0.2, 0.25) is 0 Å². The molecular formula is C15H20N2O4. The molecule has 0 unspecified atom stereocenters. The molecule has 0 aromatic heterocycles. The van der Waals surface area contributed by atoms with Gasteiger partial charge in [-0.25, -0.2) is 9.59 Å². The summed E-state index contributed by atoms with van der Waals surface area (Å²) in [6, 6.07) is 4.80. The van der Waals surface area contributed by atoms with E-state index in [-0.39, 0.29) is 11.6 Å². The van der Waals surface area contributed by atoms with Crippen LogP contribution < -0.4 is 4.90 Å². The maximum Gasteiger partial charge on any atom is 0.335 e. The van der Waals surface area contributed by atoms with E-state index in [0.29, 0.717) is 32.7 Å². The third-order valence-electron chi connectivity index (χ3n) is 3.55. The van der Waals surface area contributed by atoms with Crippen LogP contribution in [0, 0.1) is 0 Å². The highest BCUT2D eigenvalue weighted by Gasteiger charge is 2.27. The molecule has 2 amide bonds. The van der Waals surface area contributed by atoms with Crippen molar-refractivity contribution in [1.82, 2.24) is 4.90 Å². The van der Waals surface area contributed by atoms with Gasteiger partial charge in [0.05, 0.1) is 12.2 Å². The highest BCUT2D eigenvalue weighted by Crippen LogP contribution is 2.29. The van der Waals surface area contributed by atoms with Crippen molar-refractivity contribution < 1.29 is 19.4 Å². The van der Waals surface area contributed by atoms with Gasteiger partial charge in [-0.1, -0.05) is 0 Å². The van der Waals surface area contributed by atoms with Crippen molar-refractivity contribution in [1.29, 1.82) is 0 Å². The topological polar surface area (TPSA) is 70.1 Å². The number of fused-ring (bicyclic) bond motifs is 1. The minimum atomic E-state index is -0.948. The first kappa shape index (κ1) is 15.3. The molecule has 1 N–H and O–H groups in total. The molecule has 2 rings (SSSR count). The number of carbonyl (C=O) groups is 2. The fraction of sp³-hybridized carbons (Fsp3) is 0.467. The van der Waals surface area contributed by atoms with E-state index in [1.165, 1.54) is 6.07 Å². The molecule has 0 saturated heterocycles. The summed E-state index contributed by atoms with van der Waals surface area (Å²) in [5, 5.41) is 9.00. The molecule has 1 heterocycles. The van der Waals surface area contributed by atoms with Gasteiger partial charge in [-0.15, -0.1) is 0 Å². The number of carboxylic acid groups (broad SMARTS) is 1. The number of rotatable bonds is 5. The summed E-state index contributed by atoms with van der Waals surface area (Å²) in [6.45, 7) is 4.17. The molecule has 6 nitrogen and oxygen atoms in total. The van der Waals surface area contributed by atoms with Gasteiger partial charge < -0.3 is 14.7 Å². The zero-order valence-electron chi connectivity index (χ0n) is 12.3. The number of carbonyl (C=O) groups excluding carboxylic acids is 1. The standard InChI is InChI=1S/C15H20N2O4/c1-3-21-9-8-16(2)15(20)17-7-6-11-10-12(14(18)19)4-5-13(11)17/h4-5,10H,3,6-9H2,1-2H3,(H,18,19). The van der Waals surface area contributed by atoms with Crippen molar-refractivity contribution in [3.63, 3.8) is 0 Å². The molecule has 1 aromatic carbocycles. The van der Waals surface area contributed by atoms with E-state index < -0.39 is 5.97 Å². The van der Waals surface area contributed by atoms with E-state index in [9.17, 15) is 9.59 Å². The summed E-state index contributed by atoms with van der Waals surface area (Å²) in [4.78, 5) is 26.7. The Hall–Kier alpha value is -2.08. The SMILES string of the molecule is CCOCCN(C)C(=O)N1CCc2cc(C(=O)O)ccc21. The second-order valence-electron chi connectivity index (χ2n) is 4.95. The van der Waals surface area contributed by atoms with Crippen LogP contribution in [0.4, 0.5) is 10.5 Å². The number of anilines is 1. The van der Waals surface area contributed by atoms with E-state index in [1.54, 1.807) is 29.0 Å². The van der Waals surface area contributed by atoms with Crippen LogP contribution in [-0.4, -0.2) is 55.4 Å².